The summed E-state index contributed by atoms with van der Waals surface area (Å²) in [6.45, 7) is 11.1. The number of likely N-dealkylation sites (N-methyl/N-ethyl adjacent to an activating group) is 1. The number of nitrogens with two attached hydrogens (primary N) is 1. The first-order valence-electron chi connectivity index (χ1n) is 7.26. The second-order valence-corrected chi connectivity index (χ2v) is 5.70. The summed E-state index contributed by atoms with van der Waals surface area (Å²) in [6, 6.07) is 0.445. The van der Waals surface area contributed by atoms with E-state index < -0.39 is 5.54 Å². The molecule has 0 bridgehead atoms. The SMILES string of the molecule is CCCN(CC(NCC)(C(N)=O)C1CC1)C(C)C. The molecule has 0 saturated heterocycles. The van der Waals surface area contributed by atoms with Crippen LogP contribution in [0.15, 0.2) is 0 Å². The highest BCUT2D eigenvalue weighted by atomic mass is 16.1. The summed E-state index contributed by atoms with van der Waals surface area (Å²) < 4.78 is 0. The summed E-state index contributed by atoms with van der Waals surface area (Å²) in [6.07, 6.45) is 3.34. The Kier molecular flexibility index (Phi) is 5.60. The van der Waals surface area contributed by atoms with Gasteiger partial charge < -0.3 is 11.1 Å². The monoisotopic (exact) mass is 255 g/mol. The molecule has 0 aromatic rings. The third-order valence-electron chi connectivity index (χ3n) is 3.90. The van der Waals surface area contributed by atoms with E-state index >= 15 is 0 Å². The van der Waals surface area contributed by atoms with Gasteiger partial charge in [-0.2, -0.15) is 0 Å². The van der Waals surface area contributed by atoms with E-state index in [1.165, 1.54) is 0 Å². The van der Waals surface area contributed by atoms with Gasteiger partial charge >= 0.3 is 0 Å². The highest BCUT2D eigenvalue weighted by Gasteiger charge is 2.50. The standard InChI is InChI=1S/C14H29N3O/c1-5-9-17(11(3)4)10-14(13(15)18,16-6-2)12-7-8-12/h11-12,16H,5-10H2,1-4H3,(H2,15,18). The van der Waals surface area contributed by atoms with Crippen LogP contribution in [0.25, 0.3) is 0 Å². The minimum atomic E-state index is -0.520. The van der Waals surface area contributed by atoms with E-state index in [2.05, 4.69) is 31.0 Å². The summed E-state index contributed by atoms with van der Waals surface area (Å²) in [4.78, 5) is 14.4. The molecule has 0 spiro atoms. The molecule has 0 aliphatic heterocycles. The van der Waals surface area contributed by atoms with Gasteiger partial charge in [0, 0.05) is 12.6 Å². The van der Waals surface area contributed by atoms with E-state index in [0.29, 0.717) is 12.0 Å². The molecular weight excluding hydrogens is 226 g/mol. The van der Waals surface area contributed by atoms with Crippen LogP contribution >= 0.6 is 0 Å². The van der Waals surface area contributed by atoms with Gasteiger partial charge in [0.2, 0.25) is 5.91 Å². The van der Waals surface area contributed by atoms with Crippen molar-refractivity contribution >= 4 is 5.91 Å². The molecule has 1 amide bonds. The minimum Gasteiger partial charge on any atom is -0.368 e. The van der Waals surface area contributed by atoms with Crippen molar-refractivity contribution < 1.29 is 4.79 Å². The highest BCUT2D eigenvalue weighted by Crippen LogP contribution is 2.40. The molecule has 1 rings (SSSR count). The number of rotatable bonds is 9. The van der Waals surface area contributed by atoms with Crippen LogP contribution in [0.4, 0.5) is 0 Å². The Morgan fingerprint density at radius 2 is 2.06 bits per heavy atom. The van der Waals surface area contributed by atoms with Crippen molar-refractivity contribution in [3.05, 3.63) is 0 Å². The van der Waals surface area contributed by atoms with E-state index in [1.807, 2.05) is 6.92 Å². The van der Waals surface area contributed by atoms with Gasteiger partial charge in [-0.25, -0.2) is 0 Å². The van der Waals surface area contributed by atoms with Crippen molar-refractivity contribution in [3.8, 4) is 0 Å². The van der Waals surface area contributed by atoms with Crippen LogP contribution in [0.2, 0.25) is 0 Å². The van der Waals surface area contributed by atoms with Gasteiger partial charge in [-0.1, -0.05) is 13.8 Å². The van der Waals surface area contributed by atoms with Crippen LogP contribution in [0.3, 0.4) is 0 Å². The summed E-state index contributed by atoms with van der Waals surface area (Å²) in [7, 11) is 0. The van der Waals surface area contributed by atoms with Crippen molar-refractivity contribution in [3.63, 3.8) is 0 Å². The van der Waals surface area contributed by atoms with Crippen molar-refractivity contribution in [2.24, 2.45) is 11.7 Å². The molecule has 18 heavy (non-hydrogen) atoms. The smallest absolute Gasteiger partial charge is 0.239 e. The number of primary amides is 1. The van der Waals surface area contributed by atoms with Crippen LogP contribution in [0.5, 0.6) is 0 Å². The van der Waals surface area contributed by atoms with E-state index in [9.17, 15) is 4.79 Å². The summed E-state index contributed by atoms with van der Waals surface area (Å²) in [5.74, 6) is 0.238. The molecule has 0 aromatic carbocycles. The van der Waals surface area contributed by atoms with Gasteiger partial charge in [0.1, 0.15) is 5.54 Å². The number of nitrogens with one attached hydrogen (secondary N) is 1. The first-order valence-corrected chi connectivity index (χ1v) is 7.26. The van der Waals surface area contributed by atoms with Crippen molar-refractivity contribution in [2.75, 3.05) is 19.6 Å². The van der Waals surface area contributed by atoms with Crippen LogP contribution in [-0.2, 0) is 4.79 Å². The Morgan fingerprint density at radius 3 is 2.39 bits per heavy atom. The molecule has 4 heteroatoms. The zero-order valence-corrected chi connectivity index (χ0v) is 12.3. The molecule has 106 valence electrons. The predicted octanol–water partition coefficient (Wildman–Crippen LogP) is 1.35. The van der Waals surface area contributed by atoms with Gasteiger partial charge in [-0.3, -0.25) is 9.69 Å². The molecular formula is C14H29N3O. The lowest BCUT2D eigenvalue weighted by molar-refractivity contribution is -0.126. The lowest BCUT2D eigenvalue weighted by Gasteiger charge is -2.38. The molecule has 0 aromatic heterocycles. The molecule has 1 unspecified atom stereocenters. The average molecular weight is 255 g/mol. The fraction of sp³-hybridized carbons (Fsp3) is 0.929. The molecule has 1 atom stereocenters. The maximum Gasteiger partial charge on any atom is 0.239 e. The van der Waals surface area contributed by atoms with Crippen molar-refractivity contribution in [2.45, 2.75) is 58.5 Å². The summed E-state index contributed by atoms with van der Waals surface area (Å²) in [5, 5.41) is 3.39. The van der Waals surface area contributed by atoms with Gasteiger partial charge in [0.05, 0.1) is 0 Å². The van der Waals surface area contributed by atoms with Gasteiger partial charge in [-0.15, -0.1) is 0 Å². The topological polar surface area (TPSA) is 58.4 Å². The zero-order valence-electron chi connectivity index (χ0n) is 12.3. The van der Waals surface area contributed by atoms with Crippen LogP contribution < -0.4 is 11.1 Å². The average Bonchev–Trinajstić information content (AvgIpc) is 3.10. The molecule has 1 saturated carbocycles. The maximum absolute atomic E-state index is 12.0. The Morgan fingerprint density at radius 1 is 1.44 bits per heavy atom. The van der Waals surface area contributed by atoms with Crippen LogP contribution in [0, 0.1) is 5.92 Å². The quantitative estimate of drug-likeness (QED) is 0.654. The zero-order chi connectivity index (χ0) is 13.8. The van der Waals surface area contributed by atoms with Crippen molar-refractivity contribution in [1.82, 2.24) is 10.2 Å². The van der Waals surface area contributed by atoms with E-state index in [4.69, 9.17) is 5.73 Å². The molecule has 0 radical (unpaired) electrons. The minimum absolute atomic E-state index is 0.186. The van der Waals surface area contributed by atoms with Crippen LogP contribution in [0.1, 0.15) is 47.0 Å². The molecule has 1 aliphatic rings. The lowest BCUT2D eigenvalue weighted by atomic mass is 9.90. The second kappa shape index (κ2) is 6.53. The summed E-state index contributed by atoms with van der Waals surface area (Å²) in [5.41, 5.74) is 5.20. The third kappa shape index (κ3) is 3.45. The lowest BCUT2D eigenvalue weighted by Crippen LogP contribution is -2.64. The van der Waals surface area contributed by atoms with E-state index in [1.54, 1.807) is 0 Å². The number of hydrogen-bond donors (Lipinski definition) is 2. The number of nitrogens with zero attached hydrogens (tertiary/aromatic N) is 1. The largest absolute Gasteiger partial charge is 0.368 e. The number of amides is 1. The van der Waals surface area contributed by atoms with Gasteiger partial charge in [0.15, 0.2) is 0 Å². The normalized spacial score (nSPS) is 19.2. The van der Waals surface area contributed by atoms with E-state index in [-0.39, 0.29) is 5.91 Å². The van der Waals surface area contributed by atoms with Crippen molar-refractivity contribution in [1.29, 1.82) is 0 Å². The Balaban J connectivity index is 2.84. The fourth-order valence-electron chi connectivity index (χ4n) is 2.71. The van der Waals surface area contributed by atoms with Gasteiger partial charge in [0.25, 0.3) is 0 Å². The first-order chi connectivity index (χ1) is 8.47. The Labute approximate surface area is 111 Å². The van der Waals surface area contributed by atoms with Gasteiger partial charge in [-0.05, 0) is 52.1 Å². The molecule has 1 fully saturated rings. The first kappa shape index (κ1) is 15.4. The molecule has 1 aliphatic carbocycles. The Bertz CT molecular complexity index is 276. The molecule has 0 heterocycles. The molecule has 3 N–H and O–H groups in total. The van der Waals surface area contributed by atoms with Crippen LogP contribution in [-0.4, -0.2) is 42.0 Å². The predicted molar refractivity (Wildman–Crippen MR) is 75.3 cm³/mol. The number of carbonyl (C=O) groups is 1. The van der Waals surface area contributed by atoms with E-state index in [0.717, 1.165) is 38.9 Å². The summed E-state index contributed by atoms with van der Waals surface area (Å²) >= 11 is 0. The third-order valence-corrected chi connectivity index (χ3v) is 3.90. The maximum atomic E-state index is 12.0. The number of carbonyl (C=O) groups excluding carboxylic acids is 1. The Hall–Kier alpha value is -0.610. The number of hydrogen-bond acceptors (Lipinski definition) is 3. The second-order valence-electron chi connectivity index (χ2n) is 5.70. The highest BCUT2D eigenvalue weighted by molar-refractivity contribution is 5.86. The molecule has 4 nitrogen and oxygen atoms in total. The fourth-order valence-corrected chi connectivity index (χ4v) is 2.71.